The molecular weight excluding hydrogens is 464 g/mol. The number of hydrogen-bond acceptors (Lipinski definition) is 5. The molecule has 8 heteroatoms. The molecule has 3 aromatic carbocycles. The number of carbonyl (C=O) groups excluding carboxylic acids is 2. The van der Waals surface area contributed by atoms with E-state index in [0.717, 1.165) is 23.2 Å². The summed E-state index contributed by atoms with van der Waals surface area (Å²) in [5, 5.41) is 16.4. The Morgan fingerprint density at radius 2 is 1.86 bits per heavy atom. The van der Waals surface area contributed by atoms with Gasteiger partial charge in [0.25, 0.3) is 11.8 Å². The van der Waals surface area contributed by atoms with Gasteiger partial charge < -0.3 is 10.4 Å². The number of likely N-dealkylation sites (N-methyl/N-ethyl adjacent to an activating group) is 1. The Morgan fingerprint density at radius 3 is 2.60 bits per heavy atom. The Balaban J connectivity index is 1.73. The van der Waals surface area contributed by atoms with Crippen molar-refractivity contribution in [3.63, 3.8) is 0 Å². The monoisotopic (exact) mass is 492 g/mol. The number of carbonyl (C=O) groups is 2. The molecule has 0 aliphatic rings. The van der Waals surface area contributed by atoms with Gasteiger partial charge in [-0.2, -0.15) is 5.10 Å². The number of anilines is 1. The first-order valence-electron chi connectivity index (χ1n) is 11.3. The number of aliphatic hydroxyl groups is 1. The lowest BCUT2D eigenvalue weighted by Crippen LogP contribution is -2.26. The number of nitrogens with one attached hydrogen (secondary N) is 2. The van der Waals surface area contributed by atoms with Crippen molar-refractivity contribution in [3.8, 4) is 0 Å². The maximum atomic E-state index is 13.0. The summed E-state index contributed by atoms with van der Waals surface area (Å²) in [6.07, 6.45) is 1.55. The SMILES string of the molecule is CCN(CCO)Cc1cccc(C(=O)Nc2ccc(Cl)cc2C(=O)N/N=C/c2cccc(C)c2)c1. The summed E-state index contributed by atoms with van der Waals surface area (Å²) in [6, 6.07) is 19.6. The second kappa shape index (κ2) is 12.8. The van der Waals surface area contributed by atoms with Gasteiger partial charge in [-0.15, -0.1) is 0 Å². The molecule has 0 aliphatic heterocycles. The van der Waals surface area contributed by atoms with E-state index < -0.39 is 5.91 Å². The van der Waals surface area contributed by atoms with Crippen molar-refractivity contribution in [1.29, 1.82) is 0 Å². The maximum Gasteiger partial charge on any atom is 0.273 e. The molecule has 0 fully saturated rings. The highest BCUT2D eigenvalue weighted by Gasteiger charge is 2.16. The third kappa shape index (κ3) is 7.75. The zero-order valence-electron chi connectivity index (χ0n) is 19.8. The zero-order valence-corrected chi connectivity index (χ0v) is 20.5. The molecule has 3 rings (SSSR count). The van der Waals surface area contributed by atoms with Crippen LogP contribution in [-0.4, -0.2) is 47.7 Å². The van der Waals surface area contributed by atoms with Crippen molar-refractivity contribution in [2.45, 2.75) is 20.4 Å². The minimum absolute atomic E-state index is 0.0739. The summed E-state index contributed by atoms with van der Waals surface area (Å²) >= 11 is 6.12. The van der Waals surface area contributed by atoms with Gasteiger partial charge in [0.1, 0.15) is 0 Å². The molecule has 0 aliphatic carbocycles. The van der Waals surface area contributed by atoms with Crippen LogP contribution in [0.25, 0.3) is 0 Å². The molecule has 7 nitrogen and oxygen atoms in total. The summed E-state index contributed by atoms with van der Waals surface area (Å²) in [7, 11) is 0. The number of benzene rings is 3. The van der Waals surface area contributed by atoms with Crippen molar-refractivity contribution in [3.05, 3.63) is 99.6 Å². The van der Waals surface area contributed by atoms with Gasteiger partial charge in [0.05, 0.1) is 24.1 Å². The second-order valence-corrected chi connectivity index (χ2v) is 8.49. The van der Waals surface area contributed by atoms with Gasteiger partial charge in [0.15, 0.2) is 0 Å². The summed E-state index contributed by atoms with van der Waals surface area (Å²) in [4.78, 5) is 27.9. The van der Waals surface area contributed by atoms with E-state index in [1.54, 1.807) is 30.5 Å². The van der Waals surface area contributed by atoms with E-state index in [1.165, 1.54) is 6.07 Å². The molecule has 3 N–H and O–H groups in total. The van der Waals surface area contributed by atoms with E-state index in [0.29, 0.717) is 29.4 Å². The van der Waals surface area contributed by atoms with Crippen LogP contribution < -0.4 is 10.7 Å². The lowest BCUT2D eigenvalue weighted by atomic mass is 10.1. The van der Waals surface area contributed by atoms with E-state index in [2.05, 4.69) is 20.7 Å². The van der Waals surface area contributed by atoms with Crippen LogP contribution in [0.4, 0.5) is 5.69 Å². The van der Waals surface area contributed by atoms with E-state index in [-0.39, 0.29) is 18.1 Å². The van der Waals surface area contributed by atoms with Gasteiger partial charge in [-0.3, -0.25) is 14.5 Å². The van der Waals surface area contributed by atoms with Crippen molar-refractivity contribution in [2.24, 2.45) is 5.10 Å². The molecule has 35 heavy (non-hydrogen) atoms. The Bertz CT molecular complexity index is 1210. The normalized spacial score (nSPS) is 11.1. The van der Waals surface area contributed by atoms with Crippen LogP contribution in [0, 0.1) is 6.92 Å². The fraction of sp³-hybridized carbons (Fsp3) is 0.222. The largest absolute Gasteiger partial charge is 0.395 e. The lowest BCUT2D eigenvalue weighted by molar-refractivity contribution is 0.0956. The standard InChI is InChI=1S/C27H29ClN4O3/c1-3-32(12-13-33)18-21-8-5-9-22(15-21)26(34)30-25-11-10-23(28)16-24(25)27(35)31-29-17-20-7-4-6-19(2)14-20/h4-11,14-17,33H,3,12-13,18H2,1-2H3,(H,30,34)(H,31,35)/b29-17+. The average Bonchev–Trinajstić information content (AvgIpc) is 2.85. The van der Waals surface area contributed by atoms with Gasteiger partial charge in [-0.05, 0) is 54.9 Å². The van der Waals surface area contributed by atoms with Gasteiger partial charge in [0, 0.05) is 23.7 Å². The molecule has 0 radical (unpaired) electrons. The number of hydrazone groups is 1. The van der Waals surface area contributed by atoms with Crippen molar-refractivity contribution < 1.29 is 14.7 Å². The van der Waals surface area contributed by atoms with Crippen LogP contribution in [0.1, 0.15) is 44.3 Å². The minimum Gasteiger partial charge on any atom is -0.395 e. The molecule has 0 saturated carbocycles. The molecular formula is C27H29ClN4O3. The first-order chi connectivity index (χ1) is 16.9. The number of hydrogen-bond donors (Lipinski definition) is 3. The Morgan fingerprint density at radius 1 is 1.06 bits per heavy atom. The molecule has 0 spiro atoms. The first-order valence-corrected chi connectivity index (χ1v) is 11.7. The lowest BCUT2D eigenvalue weighted by Gasteiger charge is -2.19. The Kier molecular flexibility index (Phi) is 9.55. The maximum absolute atomic E-state index is 13.0. The van der Waals surface area contributed by atoms with Crippen molar-refractivity contribution in [1.82, 2.24) is 10.3 Å². The highest BCUT2D eigenvalue weighted by Crippen LogP contribution is 2.22. The van der Waals surface area contributed by atoms with Crippen LogP contribution in [-0.2, 0) is 6.54 Å². The Labute approximate surface area is 210 Å². The second-order valence-electron chi connectivity index (χ2n) is 8.05. The average molecular weight is 493 g/mol. The van der Waals surface area contributed by atoms with E-state index in [9.17, 15) is 14.7 Å². The predicted octanol–water partition coefficient (Wildman–Crippen LogP) is 4.48. The van der Waals surface area contributed by atoms with E-state index in [4.69, 9.17) is 11.6 Å². The minimum atomic E-state index is -0.497. The smallest absolute Gasteiger partial charge is 0.273 e. The van der Waals surface area contributed by atoms with E-state index in [1.807, 2.05) is 50.2 Å². The molecule has 2 amide bonds. The van der Waals surface area contributed by atoms with Crippen LogP contribution in [0.15, 0.2) is 71.8 Å². The summed E-state index contributed by atoms with van der Waals surface area (Å²) in [5.74, 6) is -0.847. The summed E-state index contributed by atoms with van der Waals surface area (Å²) in [6.45, 7) is 6.02. The Hall–Kier alpha value is -3.52. The molecule has 0 atom stereocenters. The molecule has 0 heterocycles. The van der Waals surface area contributed by atoms with Crippen LogP contribution >= 0.6 is 11.6 Å². The summed E-state index contributed by atoms with van der Waals surface area (Å²) < 4.78 is 0. The highest BCUT2D eigenvalue weighted by atomic mass is 35.5. The molecule has 0 unspecified atom stereocenters. The van der Waals surface area contributed by atoms with Crippen LogP contribution in [0.5, 0.6) is 0 Å². The fourth-order valence-corrected chi connectivity index (χ4v) is 3.72. The topological polar surface area (TPSA) is 94.0 Å². The zero-order chi connectivity index (χ0) is 25.2. The van der Waals surface area contributed by atoms with Gasteiger partial charge in [-0.1, -0.05) is 60.5 Å². The molecule has 0 bridgehead atoms. The molecule has 0 aromatic heterocycles. The number of aliphatic hydroxyl groups excluding tert-OH is 1. The fourth-order valence-electron chi connectivity index (χ4n) is 3.54. The molecule has 3 aromatic rings. The number of rotatable bonds is 10. The quantitative estimate of drug-likeness (QED) is 0.287. The summed E-state index contributed by atoms with van der Waals surface area (Å²) in [5.41, 5.74) is 6.36. The number of nitrogens with zero attached hydrogens (tertiary/aromatic N) is 2. The number of halogens is 1. The highest BCUT2D eigenvalue weighted by molar-refractivity contribution is 6.31. The van der Waals surface area contributed by atoms with E-state index >= 15 is 0 Å². The number of amides is 2. The predicted molar refractivity (Wildman–Crippen MR) is 140 cm³/mol. The van der Waals surface area contributed by atoms with Gasteiger partial charge in [0.2, 0.25) is 0 Å². The third-order valence-electron chi connectivity index (χ3n) is 5.36. The first kappa shape index (κ1) is 26.1. The van der Waals surface area contributed by atoms with Gasteiger partial charge in [-0.25, -0.2) is 5.43 Å². The van der Waals surface area contributed by atoms with Crippen molar-refractivity contribution >= 4 is 35.3 Å². The third-order valence-corrected chi connectivity index (χ3v) is 5.59. The molecule has 182 valence electrons. The van der Waals surface area contributed by atoms with Crippen LogP contribution in [0.3, 0.4) is 0 Å². The van der Waals surface area contributed by atoms with Gasteiger partial charge >= 0.3 is 0 Å². The number of aryl methyl sites for hydroxylation is 1. The van der Waals surface area contributed by atoms with Crippen LogP contribution in [0.2, 0.25) is 5.02 Å². The van der Waals surface area contributed by atoms with Crippen molar-refractivity contribution in [2.75, 3.05) is 25.0 Å². The molecule has 0 saturated heterocycles.